The fraction of sp³-hybridized carbons (Fsp3) is 0.381. The second-order valence-corrected chi connectivity index (χ2v) is 6.90. The second kappa shape index (κ2) is 11.8. The lowest BCUT2D eigenvalue weighted by atomic mass is 10.1. The minimum atomic E-state index is 0.0980. The van der Waals surface area contributed by atoms with E-state index in [4.69, 9.17) is 23.2 Å². The Labute approximate surface area is 166 Å². The van der Waals surface area contributed by atoms with Crippen molar-refractivity contribution in [3.05, 3.63) is 65.7 Å². The summed E-state index contributed by atoms with van der Waals surface area (Å²) < 4.78 is 0. The summed E-state index contributed by atoms with van der Waals surface area (Å²) in [7, 11) is 0. The van der Waals surface area contributed by atoms with Crippen LogP contribution in [0.1, 0.15) is 24.0 Å². The second-order valence-electron chi connectivity index (χ2n) is 6.15. The zero-order valence-corrected chi connectivity index (χ0v) is 16.5. The van der Waals surface area contributed by atoms with E-state index >= 15 is 0 Å². The molecule has 5 heteroatoms. The monoisotopic (exact) mass is 392 g/mol. The average molecular weight is 393 g/mol. The Hall–Kier alpha value is -1.71. The lowest BCUT2D eigenvalue weighted by Gasteiger charge is -2.23. The number of rotatable bonds is 11. The van der Waals surface area contributed by atoms with Gasteiger partial charge in [-0.25, -0.2) is 0 Å². The summed E-state index contributed by atoms with van der Waals surface area (Å²) in [6.45, 7) is 2.16. The highest BCUT2D eigenvalue weighted by Crippen LogP contribution is 2.17. The predicted octanol–water partition coefficient (Wildman–Crippen LogP) is 4.61. The van der Waals surface area contributed by atoms with Crippen LogP contribution < -0.4 is 10.2 Å². The Bertz CT molecular complexity index is 641. The quantitative estimate of drug-likeness (QED) is 0.566. The number of hydrogen-bond donors (Lipinski definition) is 1. The van der Waals surface area contributed by atoms with Gasteiger partial charge in [-0.1, -0.05) is 42.5 Å². The number of nitrogens with one attached hydrogen (secondary N) is 1. The van der Waals surface area contributed by atoms with Gasteiger partial charge in [-0.05, 0) is 36.1 Å². The highest BCUT2D eigenvalue weighted by Gasteiger charge is 2.06. The average Bonchev–Trinajstić information content (AvgIpc) is 2.68. The molecular formula is C21H26Cl2N2O. The van der Waals surface area contributed by atoms with Gasteiger partial charge in [0.15, 0.2) is 0 Å². The van der Waals surface area contributed by atoms with Crippen molar-refractivity contribution < 1.29 is 4.79 Å². The van der Waals surface area contributed by atoms with Gasteiger partial charge in [0, 0.05) is 43.5 Å². The number of nitrogens with zero attached hydrogens (tertiary/aromatic N) is 1. The molecule has 0 radical (unpaired) electrons. The van der Waals surface area contributed by atoms with Crippen LogP contribution >= 0.6 is 23.2 Å². The minimum absolute atomic E-state index is 0.0980. The lowest BCUT2D eigenvalue weighted by molar-refractivity contribution is -0.121. The molecule has 0 heterocycles. The molecule has 0 unspecified atom stereocenters. The topological polar surface area (TPSA) is 32.3 Å². The number of carbonyl (C=O) groups excluding carboxylic acids is 1. The molecule has 0 saturated carbocycles. The van der Waals surface area contributed by atoms with Gasteiger partial charge in [-0.15, -0.1) is 23.2 Å². The van der Waals surface area contributed by atoms with Crippen LogP contribution in [-0.4, -0.2) is 30.8 Å². The van der Waals surface area contributed by atoms with Gasteiger partial charge in [-0.3, -0.25) is 4.79 Å². The van der Waals surface area contributed by atoms with Crippen LogP contribution in [0, 0.1) is 0 Å². The third-order valence-corrected chi connectivity index (χ3v) is 4.55. The molecule has 0 spiro atoms. The van der Waals surface area contributed by atoms with Crippen molar-refractivity contribution in [3.8, 4) is 0 Å². The predicted molar refractivity (Wildman–Crippen MR) is 111 cm³/mol. The third-order valence-electron chi connectivity index (χ3n) is 4.21. The normalized spacial score (nSPS) is 10.5. The SMILES string of the molecule is O=C(CCCc1ccc(N(CCCl)CCCl)cc1)NCc1ccccc1. The van der Waals surface area contributed by atoms with Crippen molar-refractivity contribution in [2.45, 2.75) is 25.8 Å². The van der Waals surface area contributed by atoms with Crippen molar-refractivity contribution in [3.63, 3.8) is 0 Å². The van der Waals surface area contributed by atoms with E-state index in [9.17, 15) is 4.79 Å². The summed E-state index contributed by atoms with van der Waals surface area (Å²) in [6, 6.07) is 18.4. The fourth-order valence-electron chi connectivity index (χ4n) is 2.79. The molecule has 2 rings (SSSR count). The zero-order valence-electron chi connectivity index (χ0n) is 15.0. The maximum absolute atomic E-state index is 12.0. The van der Waals surface area contributed by atoms with E-state index in [1.165, 1.54) is 5.56 Å². The first-order valence-corrected chi connectivity index (χ1v) is 10.1. The summed E-state index contributed by atoms with van der Waals surface area (Å²) in [5.74, 6) is 1.26. The third kappa shape index (κ3) is 7.27. The molecule has 2 aromatic carbocycles. The maximum atomic E-state index is 12.0. The number of halogens is 2. The number of aryl methyl sites for hydroxylation is 1. The van der Waals surface area contributed by atoms with Crippen LogP contribution in [0.3, 0.4) is 0 Å². The Morgan fingerprint density at radius 1 is 0.885 bits per heavy atom. The molecule has 1 amide bonds. The molecule has 2 aromatic rings. The lowest BCUT2D eigenvalue weighted by Crippen LogP contribution is -2.27. The fourth-order valence-corrected chi connectivity index (χ4v) is 3.19. The van der Waals surface area contributed by atoms with Gasteiger partial charge in [0.1, 0.15) is 0 Å². The Morgan fingerprint density at radius 2 is 1.54 bits per heavy atom. The van der Waals surface area contributed by atoms with Crippen LogP contribution in [0.15, 0.2) is 54.6 Å². The van der Waals surface area contributed by atoms with Gasteiger partial charge >= 0.3 is 0 Å². The molecule has 26 heavy (non-hydrogen) atoms. The number of carbonyl (C=O) groups is 1. The van der Waals surface area contributed by atoms with Crippen LogP contribution in [0.5, 0.6) is 0 Å². The molecule has 0 aliphatic carbocycles. The molecule has 0 aromatic heterocycles. The Morgan fingerprint density at radius 3 is 2.15 bits per heavy atom. The van der Waals surface area contributed by atoms with E-state index in [0.29, 0.717) is 24.7 Å². The minimum Gasteiger partial charge on any atom is -0.369 e. The summed E-state index contributed by atoms with van der Waals surface area (Å²) in [5, 5.41) is 2.97. The number of amides is 1. The van der Waals surface area contributed by atoms with Crippen molar-refractivity contribution in [2.24, 2.45) is 0 Å². The zero-order chi connectivity index (χ0) is 18.6. The van der Waals surface area contributed by atoms with Crippen molar-refractivity contribution in [2.75, 3.05) is 29.7 Å². The Balaban J connectivity index is 1.72. The number of benzene rings is 2. The standard InChI is InChI=1S/C21H26Cl2N2O/c22-13-15-25(16-14-23)20-11-9-18(10-12-20)7-4-8-21(26)24-17-19-5-2-1-3-6-19/h1-3,5-6,9-12H,4,7-8,13-17H2,(H,24,26). The van der Waals surface area contributed by atoms with Crippen LogP contribution in [0.4, 0.5) is 5.69 Å². The summed E-state index contributed by atoms with van der Waals surface area (Å²) in [5.41, 5.74) is 3.49. The van der Waals surface area contributed by atoms with E-state index < -0.39 is 0 Å². The molecule has 0 atom stereocenters. The van der Waals surface area contributed by atoms with E-state index in [0.717, 1.165) is 37.2 Å². The summed E-state index contributed by atoms with van der Waals surface area (Å²) in [4.78, 5) is 14.1. The van der Waals surface area contributed by atoms with Gasteiger partial charge in [0.25, 0.3) is 0 Å². The molecular weight excluding hydrogens is 367 g/mol. The molecule has 1 N–H and O–H groups in total. The van der Waals surface area contributed by atoms with Crippen LogP contribution in [0.25, 0.3) is 0 Å². The smallest absolute Gasteiger partial charge is 0.220 e. The highest BCUT2D eigenvalue weighted by molar-refractivity contribution is 6.18. The number of anilines is 1. The number of alkyl halides is 2. The number of hydrogen-bond acceptors (Lipinski definition) is 2. The van der Waals surface area contributed by atoms with E-state index in [-0.39, 0.29) is 5.91 Å². The first-order chi connectivity index (χ1) is 12.7. The first kappa shape index (κ1) is 20.6. The summed E-state index contributed by atoms with van der Waals surface area (Å²) >= 11 is 11.7. The van der Waals surface area contributed by atoms with Gasteiger partial charge in [0.2, 0.25) is 5.91 Å². The molecule has 0 bridgehead atoms. The van der Waals surface area contributed by atoms with E-state index in [1.54, 1.807) is 0 Å². The highest BCUT2D eigenvalue weighted by atomic mass is 35.5. The maximum Gasteiger partial charge on any atom is 0.220 e. The van der Waals surface area contributed by atoms with Gasteiger partial charge in [0.05, 0.1) is 0 Å². The summed E-state index contributed by atoms with van der Waals surface area (Å²) in [6.07, 6.45) is 2.27. The Kier molecular flexibility index (Phi) is 9.36. The van der Waals surface area contributed by atoms with E-state index in [2.05, 4.69) is 34.5 Å². The van der Waals surface area contributed by atoms with Gasteiger partial charge in [-0.2, -0.15) is 0 Å². The van der Waals surface area contributed by atoms with E-state index in [1.807, 2.05) is 30.3 Å². The van der Waals surface area contributed by atoms with Crippen LogP contribution in [0.2, 0.25) is 0 Å². The molecule has 0 saturated heterocycles. The largest absolute Gasteiger partial charge is 0.369 e. The molecule has 0 aliphatic heterocycles. The molecule has 3 nitrogen and oxygen atoms in total. The van der Waals surface area contributed by atoms with Crippen molar-refractivity contribution in [1.29, 1.82) is 0 Å². The van der Waals surface area contributed by atoms with Crippen molar-refractivity contribution >= 4 is 34.8 Å². The first-order valence-electron chi connectivity index (χ1n) is 8.99. The molecule has 0 fully saturated rings. The van der Waals surface area contributed by atoms with Crippen molar-refractivity contribution in [1.82, 2.24) is 5.32 Å². The molecule has 140 valence electrons. The molecule has 0 aliphatic rings. The van der Waals surface area contributed by atoms with Gasteiger partial charge < -0.3 is 10.2 Å². The van der Waals surface area contributed by atoms with Crippen LogP contribution in [-0.2, 0) is 17.8 Å².